The number of nitro benzene ring substituents is 2. The van der Waals surface area contributed by atoms with Gasteiger partial charge in [-0.25, -0.2) is 0 Å². The molecule has 1 N–H and O–H groups in total. The number of anilines is 1. The Hall–Kier alpha value is -2.88. The fraction of sp³-hybridized carbons (Fsp3) is 0.556. The second kappa shape index (κ2) is 11.1. The summed E-state index contributed by atoms with van der Waals surface area (Å²) >= 11 is 0. The van der Waals surface area contributed by atoms with Gasteiger partial charge in [0, 0.05) is 32.0 Å². The van der Waals surface area contributed by atoms with Crippen molar-refractivity contribution in [2.24, 2.45) is 0 Å². The topological polar surface area (TPSA) is 144 Å². The van der Waals surface area contributed by atoms with E-state index in [2.05, 4.69) is 0 Å². The van der Waals surface area contributed by atoms with Crippen molar-refractivity contribution < 1.29 is 24.5 Å². The number of benzene rings is 1. The number of hydrogen-bond donors (Lipinski definition) is 1. The zero-order valence-electron chi connectivity index (χ0n) is 16.0. The fourth-order valence-corrected chi connectivity index (χ4v) is 2.93. The van der Waals surface area contributed by atoms with Gasteiger partial charge in [-0.15, -0.1) is 0 Å². The maximum atomic E-state index is 12.8. The van der Waals surface area contributed by atoms with Gasteiger partial charge in [0.25, 0.3) is 11.4 Å². The van der Waals surface area contributed by atoms with Gasteiger partial charge in [-0.3, -0.25) is 29.8 Å². The number of aliphatic hydroxyl groups is 1. The Morgan fingerprint density at radius 2 is 1.64 bits per heavy atom. The van der Waals surface area contributed by atoms with Crippen molar-refractivity contribution >= 4 is 28.6 Å². The first-order valence-corrected chi connectivity index (χ1v) is 9.14. The van der Waals surface area contributed by atoms with Crippen LogP contribution in [0.1, 0.15) is 56.3 Å². The molecule has 0 radical (unpaired) electrons. The van der Waals surface area contributed by atoms with Crippen LogP contribution < -0.4 is 4.90 Å². The molecule has 0 aromatic heterocycles. The maximum Gasteiger partial charge on any atom is 0.300 e. The summed E-state index contributed by atoms with van der Waals surface area (Å²) < 4.78 is 0. The van der Waals surface area contributed by atoms with Gasteiger partial charge >= 0.3 is 0 Å². The van der Waals surface area contributed by atoms with Gasteiger partial charge in [0.2, 0.25) is 0 Å². The Kier molecular flexibility index (Phi) is 9.16. The van der Waals surface area contributed by atoms with Gasteiger partial charge in [-0.2, -0.15) is 0 Å². The Balaban J connectivity index is 3.46. The zero-order chi connectivity index (χ0) is 21.3. The molecule has 0 amide bonds. The van der Waals surface area contributed by atoms with Gasteiger partial charge in [0.1, 0.15) is 12.3 Å². The molecule has 0 aliphatic heterocycles. The number of non-ortho nitro benzene ring substituents is 1. The van der Waals surface area contributed by atoms with Gasteiger partial charge < -0.3 is 10.0 Å². The van der Waals surface area contributed by atoms with Gasteiger partial charge in [0.15, 0.2) is 11.6 Å². The Morgan fingerprint density at radius 3 is 2.11 bits per heavy atom. The lowest BCUT2D eigenvalue weighted by Gasteiger charge is -2.25. The first-order valence-electron chi connectivity index (χ1n) is 9.14. The molecule has 0 atom stereocenters. The highest BCUT2D eigenvalue weighted by Gasteiger charge is 2.30. The van der Waals surface area contributed by atoms with Crippen molar-refractivity contribution in [1.29, 1.82) is 0 Å². The Labute approximate surface area is 162 Å². The molecule has 0 aliphatic rings. The lowest BCUT2D eigenvalue weighted by Crippen LogP contribution is -2.28. The van der Waals surface area contributed by atoms with Crippen molar-refractivity contribution in [2.75, 3.05) is 24.6 Å². The average Bonchev–Trinajstić information content (AvgIpc) is 2.66. The summed E-state index contributed by atoms with van der Waals surface area (Å²) in [5, 5.41) is 31.6. The summed E-state index contributed by atoms with van der Waals surface area (Å²) in [5.41, 5.74) is -1.01. The Bertz CT molecular complexity index is 743. The minimum atomic E-state index is -0.771. The molecule has 1 aromatic rings. The molecule has 10 heteroatoms. The molecule has 0 fully saturated rings. The van der Waals surface area contributed by atoms with Crippen LogP contribution in [0.15, 0.2) is 12.1 Å². The first kappa shape index (κ1) is 23.2. The number of carbonyl (C=O) groups excluding carboxylic acids is 2. The second-order valence-corrected chi connectivity index (χ2v) is 6.34. The monoisotopic (exact) mass is 395 g/mol. The fourth-order valence-electron chi connectivity index (χ4n) is 2.93. The van der Waals surface area contributed by atoms with Crippen LogP contribution in [-0.4, -0.2) is 46.2 Å². The molecule has 0 heterocycles. The molecule has 0 saturated heterocycles. The van der Waals surface area contributed by atoms with Crippen molar-refractivity contribution in [3.63, 3.8) is 0 Å². The minimum Gasteiger partial charge on any atom is -0.389 e. The number of rotatable bonds is 13. The molecule has 1 aromatic carbocycles. The number of ketones is 2. The molecular formula is C18H25N3O7. The van der Waals surface area contributed by atoms with E-state index >= 15 is 0 Å². The van der Waals surface area contributed by atoms with E-state index < -0.39 is 39.4 Å². The summed E-state index contributed by atoms with van der Waals surface area (Å²) in [6, 6.07) is 1.94. The molecule has 1 rings (SSSR count). The third-order valence-electron chi connectivity index (χ3n) is 4.12. The van der Waals surface area contributed by atoms with Gasteiger partial charge in [-0.05, 0) is 19.3 Å². The van der Waals surface area contributed by atoms with Crippen LogP contribution >= 0.6 is 0 Å². The number of carbonyl (C=O) groups is 2. The van der Waals surface area contributed by atoms with Gasteiger partial charge in [0.05, 0.1) is 21.5 Å². The van der Waals surface area contributed by atoms with E-state index in [9.17, 15) is 29.8 Å². The zero-order valence-corrected chi connectivity index (χ0v) is 16.0. The predicted molar refractivity (Wildman–Crippen MR) is 103 cm³/mol. The number of hydrogen-bond acceptors (Lipinski definition) is 8. The van der Waals surface area contributed by atoms with Crippen LogP contribution in [0.2, 0.25) is 0 Å². The van der Waals surface area contributed by atoms with Gasteiger partial charge in [-0.1, -0.05) is 13.8 Å². The van der Waals surface area contributed by atoms with Crippen LogP contribution in [-0.2, 0) is 4.79 Å². The van der Waals surface area contributed by atoms with E-state index in [1.54, 1.807) is 4.90 Å². The van der Waals surface area contributed by atoms with E-state index in [0.29, 0.717) is 25.9 Å². The quantitative estimate of drug-likeness (QED) is 0.305. The lowest BCUT2D eigenvalue weighted by atomic mass is 9.99. The van der Waals surface area contributed by atoms with E-state index in [1.807, 2.05) is 13.8 Å². The van der Waals surface area contributed by atoms with Crippen LogP contribution in [0.4, 0.5) is 17.1 Å². The second-order valence-electron chi connectivity index (χ2n) is 6.34. The number of Topliss-reactive ketones (excluding diaryl/α,β-unsaturated/α-hetero) is 2. The molecule has 0 aliphatic carbocycles. The van der Waals surface area contributed by atoms with Crippen LogP contribution in [0.5, 0.6) is 0 Å². The molecular weight excluding hydrogens is 370 g/mol. The van der Waals surface area contributed by atoms with E-state index in [-0.39, 0.29) is 30.5 Å². The summed E-state index contributed by atoms with van der Waals surface area (Å²) in [6.07, 6.45) is 1.38. The van der Waals surface area contributed by atoms with Crippen LogP contribution in [0, 0.1) is 20.2 Å². The molecule has 0 bridgehead atoms. The highest BCUT2D eigenvalue weighted by Crippen LogP contribution is 2.37. The van der Waals surface area contributed by atoms with Crippen molar-refractivity contribution in [1.82, 2.24) is 0 Å². The van der Waals surface area contributed by atoms with E-state index in [4.69, 9.17) is 5.11 Å². The highest BCUT2D eigenvalue weighted by molar-refractivity contribution is 6.04. The molecule has 0 spiro atoms. The molecule has 10 nitrogen and oxygen atoms in total. The minimum absolute atomic E-state index is 0.0117. The smallest absolute Gasteiger partial charge is 0.300 e. The maximum absolute atomic E-state index is 12.8. The molecule has 0 unspecified atom stereocenters. The van der Waals surface area contributed by atoms with Crippen LogP contribution in [0.3, 0.4) is 0 Å². The predicted octanol–water partition coefficient (Wildman–Crippen LogP) is 3.04. The number of aliphatic hydroxyl groups excluding tert-OH is 1. The summed E-state index contributed by atoms with van der Waals surface area (Å²) in [4.78, 5) is 47.0. The van der Waals surface area contributed by atoms with E-state index in [1.165, 1.54) is 0 Å². The van der Waals surface area contributed by atoms with Crippen LogP contribution in [0.25, 0.3) is 0 Å². The normalized spacial score (nSPS) is 10.5. The molecule has 154 valence electrons. The number of nitro groups is 2. The standard InChI is InChI=1S/C18H25N3O7/c1-3-8-19(9-4-2)18-15(17(24)7-5-6-14(23)12-22)10-13(20(25)26)11-16(18)21(27)28/h10-11,22H,3-9,12H2,1-2H3. The summed E-state index contributed by atoms with van der Waals surface area (Å²) in [6.45, 7) is 4.07. The molecule has 0 saturated carbocycles. The summed E-state index contributed by atoms with van der Waals surface area (Å²) in [5.74, 6) is -0.929. The number of nitrogens with zero attached hydrogens (tertiary/aromatic N) is 3. The average molecular weight is 395 g/mol. The van der Waals surface area contributed by atoms with E-state index in [0.717, 1.165) is 12.1 Å². The third-order valence-corrected chi connectivity index (χ3v) is 4.12. The first-order chi connectivity index (χ1) is 13.3. The van der Waals surface area contributed by atoms with Crippen molar-refractivity contribution in [3.05, 3.63) is 37.9 Å². The third kappa shape index (κ3) is 6.08. The lowest BCUT2D eigenvalue weighted by molar-refractivity contribution is -0.393. The highest BCUT2D eigenvalue weighted by atomic mass is 16.6. The molecule has 28 heavy (non-hydrogen) atoms. The SMILES string of the molecule is CCCN(CCC)c1c(C(=O)CCCC(=O)CO)cc([N+](=O)[O-])cc1[N+](=O)[O-]. The van der Waals surface area contributed by atoms with Crippen molar-refractivity contribution in [3.8, 4) is 0 Å². The largest absolute Gasteiger partial charge is 0.389 e. The van der Waals surface area contributed by atoms with Crippen molar-refractivity contribution in [2.45, 2.75) is 46.0 Å². The summed E-state index contributed by atoms with van der Waals surface area (Å²) in [7, 11) is 0. The Morgan fingerprint density at radius 1 is 1.04 bits per heavy atom.